The van der Waals surface area contributed by atoms with Crippen molar-refractivity contribution in [1.82, 2.24) is 0 Å². The van der Waals surface area contributed by atoms with Crippen molar-refractivity contribution in [2.24, 2.45) is 5.73 Å². The fourth-order valence-corrected chi connectivity index (χ4v) is 1.93. The molecule has 0 fully saturated rings. The average Bonchev–Trinajstić information content (AvgIpc) is 2.18. The zero-order chi connectivity index (χ0) is 13.2. The van der Waals surface area contributed by atoms with E-state index < -0.39 is 0 Å². The standard InChI is InChI=1S/C14H24N2O/c1-10-7-12(13(17-6)8-11(10)2)16(5)9-14(3,4)15/h7-8H,9,15H2,1-6H3. The molecule has 1 aromatic carbocycles. The molecule has 0 aliphatic carbocycles. The number of anilines is 1. The Labute approximate surface area is 105 Å². The first-order valence-electron chi connectivity index (χ1n) is 5.90. The molecule has 0 unspecified atom stereocenters. The second-order valence-corrected chi connectivity index (χ2v) is 5.45. The van der Waals surface area contributed by atoms with E-state index in [1.807, 2.05) is 20.9 Å². The van der Waals surface area contributed by atoms with Crippen LogP contribution in [0.5, 0.6) is 5.75 Å². The molecule has 0 aliphatic rings. The first-order valence-corrected chi connectivity index (χ1v) is 5.90. The third-order valence-corrected chi connectivity index (χ3v) is 2.85. The summed E-state index contributed by atoms with van der Waals surface area (Å²) in [4.78, 5) is 2.14. The average molecular weight is 236 g/mol. The molecule has 3 nitrogen and oxygen atoms in total. The maximum absolute atomic E-state index is 6.05. The molecular formula is C14H24N2O. The highest BCUT2D eigenvalue weighted by Crippen LogP contribution is 2.31. The minimum Gasteiger partial charge on any atom is -0.495 e. The fourth-order valence-electron chi connectivity index (χ4n) is 1.93. The van der Waals surface area contributed by atoms with Gasteiger partial charge in [0.25, 0.3) is 0 Å². The molecule has 0 spiro atoms. The number of methoxy groups -OCH3 is 1. The number of nitrogens with zero attached hydrogens (tertiary/aromatic N) is 1. The van der Waals surface area contributed by atoms with Crippen LogP contribution in [0.1, 0.15) is 25.0 Å². The number of rotatable bonds is 4. The highest BCUT2D eigenvalue weighted by atomic mass is 16.5. The van der Waals surface area contributed by atoms with Gasteiger partial charge in [-0.1, -0.05) is 0 Å². The second-order valence-electron chi connectivity index (χ2n) is 5.45. The monoisotopic (exact) mass is 236 g/mol. The molecule has 0 aliphatic heterocycles. The van der Waals surface area contributed by atoms with E-state index in [-0.39, 0.29) is 5.54 Å². The molecular weight excluding hydrogens is 212 g/mol. The highest BCUT2D eigenvalue weighted by molar-refractivity contribution is 5.61. The largest absolute Gasteiger partial charge is 0.495 e. The van der Waals surface area contributed by atoms with Crippen LogP contribution in [0.25, 0.3) is 0 Å². The van der Waals surface area contributed by atoms with E-state index in [0.717, 1.165) is 18.0 Å². The minimum atomic E-state index is -0.224. The normalized spacial score (nSPS) is 11.5. The summed E-state index contributed by atoms with van der Waals surface area (Å²) in [6.07, 6.45) is 0. The lowest BCUT2D eigenvalue weighted by molar-refractivity contribution is 0.412. The van der Waals surface area contributed by atoms with Crippen molar-refractivity contribution in [2.75, 3.05) is 25.6 Å². The maximum Gasteiger partial charge on any atom is 0.142 e. The molecule has 17 heavy (non-hydrogen) atoms. The summed E-state index contributed by atoms with van der Waals surface area (Å²) >= 11 is 0. The Balaban J connectivity index is 3.08. The summed E-state index contributed by atoms with van der Waals surface area (Å²) in [5.74, 6) is 0.903. The smallest absolute Gasteiger partial charge is 0.142 e. The van der Waals surface area contributed by atoms with Gasteiger partial charge in [0.05, 0.1) is 12.8 Å². The van der Waals surface area contributed by atoms with E-state index in [4.69, 9.17) is 10.5 Å². The zero-order valence-corrected chi connectivity index (χ0v) is 11.8. The van der Waals surface area contributed by atoms with Crippen LogP contribution in [0.3, 0.4) is 0 Å². The molecule has 0 heterocycles. The maximum atomic E-state index is 6.05. The van der Waals surface area contributed by atoms with Gasteiger partial charge in [0, 0.05) is 19.1 Å². The molecule has 2 N–H and O–H groups in total. The highest BCUT2D eigenvalue weighted by Gasteiger charge is 2.17. The van der Waals surface area contributed by atoms with Crippen molar-refractivity contribution in [3.8, 4) is 5.75 Å². The Morgan fingerprint density at radius 2 is 1.76 bits per heavy atom. The van der Waals surface area contributed by atoms with Crippen LogP contribution in [0, 0.1) is 13.8 Å². The van der Waals surface area contributed by atoms with Crippen LogP contribution in [0.4, 0.5) is 5.69 Å². The third kappa shape index (κ3) is 3.63. The van der Waals surface area contributed by atoms with E-state index in [9.17, 15) is 0 Å². The van der Waals surface area contributed by atoms with Gasteiger partial charge < -0.3 is 15.4 Å². The quantitative estimate of drug-likeness (QED) is 0.873. The number of nitrogens with two attached hydrogens (primary N) is 1. The summed E-state index contributed by atoms with van der Waals surface area (Å²) in [7, 11) is 3.75. The number of benzene rings is 1. The van der Waals surface area contributed by atoms with Crippen molar-refractivity contribution in [3.63, 3.8) is 0 Å². The summed E-state index contributed by atoms with van der Waals surface area (Å²) < 4.78 is 5.43. The molecule has 0 bridgehead atoms. The molecule has 0 atom stereocenters. The van der Waals surface area contributed by atoms with Gasteiger partial charge >= 0.3 is 0 Å². The van der Waals surface area contributed by atoms with E-state index in [0.29, 0.717) is 0 Å². The van der Waals surface area contributed by atoms with Crippen molar-refractivity contribution in [2.45, 2.75) is 33.2 Å². The number of ether oxygens (including phenoxy) is 1. The van der Waals surface area contributed by atoms with Crippen LogP contribution < -0.4 is 15.4 Å². The molecule has 1 aromatic rings. The van der Waals surface area contributed by atoms with Gasteiger partial charge in [-0.25, -0.2) is 0 Å². The minimum absolute atomic E-state index is 0.224. The van der Waals surface area contributed by atoms with Crippen molar-refractivity contribution in [3.05, 3.63) is 23.3 Å². The van der Waals surface area contributed by atoms with E-state index >= 15 is 0 Å². The molecule has 0 amide bonds. The Morgan fingerprint density at radius 1 is 1.24 bits per heavy atom. The van der Waals surface area contributed by atoms with Crippen LogP contribution in [-0.4, -0.2) is 26.2 Å². The Hall–Kier alpha value is -1.22. The second kappa shape index (κ2) is 4.96. The molecule has 3 heteroatoms. The predicted octanol–water partition coefficient (Wildman–Crippen LogP) is 2.49. The summed E-state index contributed by atoms with van der Waals surface area (Å²) in [6, 6.07) is 4.23. The Kier molecular flexibility index (Phi) is 4.04. The zero-order valence-electron chi connectivity index (χ0n) is 11.8. The van der Waals surface area contributed by atoms with Crippen LogP contribution >= 0.6 is 0 Å². The lowest BCUT2D eigenvalue weighted by Crippen LogP contribution is -2.44. The van der Waals surface area contributed by atoms with Gasteiger partial charge in [0.2, 0.25) is 0 Å². The predicted molar refractivity (Wildman–Crippen MR) is 74.0 cm³/mol. The van der Waals surface area contributed by atoms with E-state index in [1.54, 1.807) is 7.11 Å². The molecule has 96 valence electrons. The molecule has 0 saturated heterocycles. The van der Waals surface area contributed by atoms with Crippen LogP contribution in [-0.2, 0) is 0 Å². The van der Waals surface area contributed by atoms with Crippen LogP contribution in [0.15, 0.2) is 12.1 Å². The number of aryl methyl sites for hydroxylation is 2. The molecule has 1 rings (SSSR count). The van der Waals surface area contributed by atoms with E-state index in [1.165, 1.54) is 11.1 Å². The first kappa shape index (κ1) is 13.8. The van der Waals surface area contributed by atoms with Crippen LogP contribution in [0.2, 0.25) is 0 Å². The lowest BCUT2D eigenvalue weighted by Gasteiger charge is -2.29. The summed E-state index contributed by atoms with van der Waals surface area (Å²) in [5.41, 5.74) is 9.43. The van der Waals surface area contributed by atoms with Crippen molar-refractivity contribution in [1.29, 1.82) is 0 Å². The number of hydrogen-bond donors (Lipinski definition) is 1. The van der Waals surface area contributed by atoms with Crippen molar-refractivity contribution < 1.29 is 4.74 Å². The van der Waals surface area contributed by atoms with Gasteiger partial charge in [0.1, 0.15) is 5.75 Å². The van der Waals surface area contributed by atoms with E-state index in [2.05, 4.69) is 30.9 Å². The van der Waals surface area contributed by atoms with Gasteiger partial charge in [0.15, 0.2) is 0 Å². The molecule has 0 radical (unpaired) electrons. The summed E-state index contributed by atoms with van der Waals surface area (Å²) in [6.45, 7) is 9.04. The molecule has 0 aromatic heterocycles. The van der Waals surface area contributed by atoms with Gasteiger partial charge in [-0.2, -0.15) is 0 Å². The van der Waals surface area contributed by atoms with Gasteiger partial charge in [-0.15, -0.1) is 0 Å². The topological polar surface area (TPSA) is 38.5 Å². The SMILES string of the molecule is COc1cc(C)c(C)cc1N(C)CC(C)(C)N. The Bertz CT molecular complexity index is 394. The van der Waals surface area contributed by atoms with Gasteiger partial charge in [-0.3, -0.25) is 0 Å². The number of hydrogen-bond acceptors (Lipinski definition) is 3. The first-order chi connectivity index (χ1) is 7.74. The Morgan fingerprint density at radius 3 is 2.24 bits per heavy atom. The van der Waals surface area contributed by atoms with Crippen molar-refractivity contribution >= 4 is 5.69 Å². The number of likely N-dealkylation sites (N-methyl/N-ethyl adjacent to an activating group) is 1. The van der Waals surface area contributed by atoms with Gasteiger partial charge in [-0.05, 0) is 51.0 Å². The fraction of sp³-hybridized carbons (Fsp3) is 0.571. The lowest BCUT2D eigenvalue weighted by atomic mass is 10.0. The molecule has 0 saturated carbocycles. The third-order valence-electron chi connectivity index (χ3n) is 2.85. The summed E-state index contributed by atoms with van der Waals surface area (Å²) in [5, 5.41) is 0.